The van der Waals surface area contributed by atoms with Crippen molar-refractivity contribution in [3.8, 4) is 0 Å². The van der Waals surface area contributed by atoms with E-state index in [4.69, 9.17) is 0 Å². The Morgan fingerprint density at radius 3 is 2.78 bits per heavy atom. The zero-order chi connectivity index (χ0) is 19.4. The molecule has 3 rings (SSSR count). The number of benzene rings is 2. The Morgan fingerprint density at radius 1 is 1.22 bits per heavy atom. The maximum atomic E-state index is 14.3. The molecule has 1 aliphatic heterocycles. The van der Waals surface area contributed by atoms with E-state index in [-0.39, 0.29) is 11.5 Å². The molecule has 0 aliphatic carbocycles. The van der Waals surface area contributed by atoms with Gasteiger partial charge in [0.15, 0.2) is 0 Å². The number of fused-ring (bicyclic) bond motifs is 1. The highest BCUT2D eigenvalue weighted by Crippen LogP contribution is 2.32. The molecule has 0 atom stereocenters. The van der Waals surface area contributed by atoms with Crippen LogP contribution in [-0.2, 0) is 10.5 Å². The minimum Gasteiger partial charge on any atom is -0.309 e. The summed E-state index contributed by atoms with van der Waals surface area (Å²) in [5, 5.41) is 6.06. The van der Waals surface area contributed by atoms with Crippen molar-refractivity contribution in [1.29, 1.82) is 0 Å². The van der Waals surface area contributed by atoms with Crippen LogP contribution in [0.25, 0.3) is 0 Å². The Balaban J connectivity index is 1.96. The molecule has 0 saturated carbocycles. The summed E-state index contributed by atoms with van der Waals surface area (Å²) in [6, 6.07) is 10.7. The van der Waals surface area contributed by atoms with E-state index in [0.29, 0.717) is 29.3 Å². The third-order valence-corrected chi connectivity index (χ3v) is 5.20. The van der Waals surface area contributed by atoms with Gasteiger partial charge in [-0.15, -0.1) is 0 Å². The molecule has 0 radical (unpaired) electrons. The lowest BCUT2D eigenvalue weighted by molar-refractivity contribution is -0.118. The monoisotopic (exact) mass is 389 g/mol. The van der Waals surface area contributed by atoms with E-state index in [1.54, 1.807) is 0 Å². The van der Waals surface area contributed by atoms with Crippen molar-refractivity contribution >= 4 is 28.4 Å². The standard InChI is InChI=1S/C20H21F2N3OS/c1-24(2)11-5-8-19(26)25-18-7-4-3-6-14(18)13-27-20(23-25)16-12-15(21)9-10-17(16)22/h3-4,6-7,9-10,12H,5,8,11,13H2,1-2H3. The summed E-state index contributed by atoms with van der Waals surface area (Å²) in [7, 11) is 3.90. The van der Waals surface area contributed by atoms with Crippen molar-refractivity contribution in [3.05, 3.63) is 65.2 Å². The summed E-state index contributed by atoms with van der Waals surface area (Å²) >= 11 is 1.29. The van der Waals surface area contributed by atoms with Crippen molar-refractivity contribution in [1.82, 2.24) is 4.90 Å². The molecule has 27 heavy (non-hydrogen) atoms. The Hall–Kier alpha value is -2.25. The zero-order valence-electron chi connectivity index (χ0n) is 15.3. The van der Waals surface area contributed by atoms with Gasteiger partial charge in [0.2, 0.25) is 5.91 Å². The SMILES string of the molecule is CN(C)CCCC(=O)N1N=C(c2cc(F)ccc2F)SCc2ccccc21. The summed E-state index contributed by atoms with van der Waals surface area (Å²) in [5.74, 6) is -0.748. The zero-order valence-corrected chi connectivity index (χ0v) is 16.1. The first kappa shape index (κ1) is 19.5. The van der Waals surface area contributed by atoms with Crippen LogP contribution in [-0.4, -0.2) is 36.5 Å². The molecule has 0 N–H and O–H groups in total. The Bertz CT molecular complexity index is 870. The lowest BCUT2D eigenvalue weighted by Crippen LogP contribution is -2.27. The summed E-state index contributed by atoms with van der Waals surface area (Å²) in [4.78, 5) is 14.9. The Labute approximate surface area is 161 Å². The average Bonchev–Trinajstić information content (AvgIpc) is 2.83. The van der Waals surface area contributed by atoms with Crippen LogP contribution in [0.15, 0.2) is 47.6 Å². The molecule has 2 aromatic rings. The minimum atomic E-state index is -0.561. The topological polar surface area (TPSA) is 35.9 Å². The second-order valence-corrected chi connectivity index (χ2v) is 7.52. The predicted molar refractivity (Wildman–Crippen MR) is 106 cm³/mol. The van der Waals surface area contributed by atoms with Crippen molar-refractivity contribution < 1.29 is 13.6 Å². The highest BCUT2D eigenvalue weighted by molar-refractivity contribution is 8.13. The molecular weight excluding hydrogens is 368 g/mol. The van der Waals surface area contributed by atoms with Gasteiger partial charge >= 0.3 is 0 Å². The van der Waals surface area contributed by atoms with Crippen molar-refractivity contribution in [3.63, 3.8) is 0 Å². The van der Waals surface area contributed by atoms with Crippen LogP contribution in [0.5, 0.6) is 0 Å². The van der Waals surface area contributed by atoms with Gasteiger partial charge in [-0.25, -0.2) is 8.78 Å². The van der Waals surface area contributed by atoms with E-state index in [1.165, 1.54) is 16.8 Å². The fraction of sp³-hybridized carbons (Fsp3) is 0.300. The maximum absolute atomic E-state index is 14.3. The van der Waals surface area contributed by atoms with Crippen LogP contribution < -0.4 is 5.01 Å². The number of hydrogen-bond donors (Lipinski definition) is 0. The molecule has 142 valence electrons. The normalized spacial score (nSPS) is 14.0. The van der Waals surface area contributed by atoms with E-state index in [2.05, 4.69) is 5.10 Å². The number of para-hydroxylation sites is 1. The van der Waals surface area contributed by atoms with Gasteiger partial charge in [-0.3, -0.25) is 4.79 Å². The smallest absolute Gasteiger partial charge is 0.247 e. The largest absolute Gasteiger partial charge is 0.309 e. The third kappa shape index (κ3) is 4.73. The number of hydrogen-bond acceptors (Lipinski definition) is 4. The first-order valence-corrected chi connectivity index (χ1v) is 9.66. The van der Waals surface area contributed by atoms with Gasteiger partial charge in [0, 0.05) is 17.7 Å². The lowest BCUT2D eigenvalue weighted by atomic mass is 10.2. The molecular formula is C20H21F2N3OS. The van der Waals surface area contributed by atoms with Gasteiger partial charge in [0.25, 0.3) is 0 Å². The molecule has 1 amide bonds. The van der Waals surface area contributed by atoms with Crippen molar-refractivity contribution in [2.24, 2.45) is 5.10 Å². The van der Waals surface area contributed by atoms with Crippen molar-refractivity contribution in [2.75, 3.05) is 25.6 Å². The number of halogens is 2. The number of thioether (sulfide) groups is 1. The predicted octanol–water partition coefficient (Wildman–Crippen LogP) is 4.25. The number of amides is 1. The Kier molecular flexibility index (Phi) is 6.23. The second-order valence-electron chi connectivity index (χ2n) is 6.56. The highest BCUT2D eigenvalue weighted by atomic mass is 32.2. The molecule has 0 saturated heterocycles. The summed E-state index contributed by atoms with van der Waals surface area (Å²) in [5.41, 5.74) is 1.68. The second kappa shape index (κ2) is 8.63. The van der Waals surface area contributed by atoms with E-state index >= 15 is 0 Å². The molecule has 0 fully saturated rings. The molecule has 0 aromatic heterocycles. The summed E-state index contributed by atoms with van der Waals surface area (Å²) in [6.45, 7) is 0.783. The van der Waals surface area contributed by atoms with Crippen LogP contribution in [0.4, 0.5) is 14.5 Å². The van der Waals surface area contributed by atoms with Gasteiger partial charge in [-0.05, 0) is 56.9 Å². The van der Waals surface area contributed by atoms with Gasteiger partial charge in [-0.1, -0.05) is 30.0 Å². The van der Waals surface area contributed by atoms with Crippen LogP contribution in [0.1, 0.15) is 24.0 Å². The molecule has 7 heteroatoms. The fourth-order valence-corrected chi connectivity index (χ4v) is 3.78. The number of rotatable bonds is 5. The summed E-state index contributed by atoms with van der Waals surface area (Å²) < 4.78 is 27.9. The molecule has 2 aromatic carbocycles. The van der Waals surface area contributed by atoms with Gasteiger partial charge in [-0.2, -0.15) is 10.1 Å². The van der Waals surface area contributed by atoms with E-state index < -0.39 is 11.6 Å². The molecule has 0 bridgehead atoms. The number of nitrogens with zero attached hydrogens (tertiary/aromatic N) is 3. The first-order chi connectivity index (χ1) is 13.0. The summed E-state index contributed by atoms with van der Waals surface area (Å²) in [6.07, 6.45) is 1.01. The average molecular weight is 389 g/mol. The maximum Gasteiger partial charge on any atom is 0.247 e. The van der Waals surface area contributed by atoms with Crippen LogP contribution in [0, 0.1) is 11.6 Å². The molecule has 1 aliphatic rings. The van der Waals surface area contributed by atoms with E-state index in [0.717, 1.165) is 30.3 Å². The highest BCUT2D eigenvalue weighted by Gasteiger charge is 2.24. The third-order valence-electron chi connectivity index (χ3n) is 4.17. The lowest BCUT2D eigenvalue weighted by Gasteiger charge is -2.19. The van der Waals surface area contributed by atoms with Crippen LogP contribution in [0.3, 0.4) is 0 Å². The Morgan fingerprint density at radius 2 is 2.00 bits per heavy atom. The van der Waals surface area contributed by atoms with Crippen LogP contribution >= 0.6 is 11.8 Å². The van der Waals surface area contributed by atoms with E-state index in [9.17, 15) is 13.6 Å². The number of hydrazone groups is 1. The first-order valence-electron chi connectivity index (χ1n) is 8.68. The molecule has 0 spiro atoms. The number of anilines is 1. The molecule has 0 unspecified atom stereocenters. The van der Waals surface area contributed by atoms with Gasteiger partial charge in [0.1, 0.15) is 16.7 Å². The minimum absolute atomic E-state index is 0.0684. The van der Waals surface area contributed by atoms with Gasteiger partial charge in [0.05, 0.1) is 5.69 Å². The molecule has 1 heterocycles. The van der Waals surface area contributed by atoms with Crippen LogP contribution in [0.2, 0.25) is 0 Å². The van der Waals surface area contributed by atoms with E-state index in [1.807, 2.05) is 43.3 Å². The van der Waals surface area contributed by atoms with Gasteiger partial charge < -0.3 is 4.90 Å². The molecule has 4 nitrogen and oxygen atoms in total. The quantitative estimate of drug-likeness (QED) is 0.767. The number of carbonyl (C=O) groups excluding carboxylic acids is 1. The van der Waals surface area contributed by atoms with Crippen molar-refractivity contribution in [2.45, 2.75) is 18.6 Å². The fourth-order valence-electron chi connectivity index (χ4n) is 2.79. The number of carbonyl (C=O) groups is 1.